The number of hydrogen-bond acceptors (Lipinski definition) is 4. The smallest absolute Gasteiger partial charge is 0.265 e. The monoisotopic (exact) mass is 378 g/mol. The normalized spacial score (nSPS) is 11.9. The van der Waals surface area contributed by atoms with E-state index in [2.05, 4.69) is 23.3 Å². The van der Waals surface area contributed by atoms with Crippen LogP contribution in [0, 0.1) is 13.8 Å². The summed E-state index contributed by atoms with van der Waals surface area (Å²) in [5.74, 6) is 1.19. The third-order valence-corrected chi connectivity index (χ3v) is 4.33. The lowest BCUT2D eigenvalue weighted by Gasteiger charge is -2.17. The third-order valence-electron chi connectivity index (χ3n) is 4.33. The number of benzene rings is 2. The summed E-state index contributed by atoms with van der Waals surface area (Å²) in [7, 11) is 0. The van der Waals surface area contributed by atoms with Crippen LogP contribution >= 0.6 is 0 Å². The quantitative estimate of drug-likeness (QED) is 0.625. The molecule has 28 heavy (non-hydrogen) atoms. The molecule has 1 amide bonds. The van der Waals surface area contributed by atoms with Crippen molar-refractivity contribution in [3.8, 4) is 11.5 Å². The fraction of sp³-hybridized carbons (Fsp3) is 0.304. The van der Waals surface area contributed by atoms with Gasteiger partial charge in [-0.05, 0) is 74.7 Å². The molecule has 5 heteroatoms. The summed E-state index contributed by atoms with van der Waals surface area (Å²) in [4.78, 5) is 17.1. The summed E-state index contributed by atoms with van der Waals surface area (Å²) in [5.41, 5.74) is 3.62. The molecular weight excluding hydrogens is 352 g/mol. The fourth-order valence-electron chi connectivity index (χ4n) is 3.08. The second-order valence-electron chi connectivity index (χ2n) is 6.93. The number of rotatable bonds is 7. The van der Waals surface area contributed by atoms with Gasteiger partial charge in [0.05, 0.1) is 12.3 Å². The van der Waals surface area contributed by atoms with Crippen LogP contribution in [0.3, 0.4) is 0 Å². The second-order valence-corrected chi connectivity index (χ2v) is 6.93. The number of aromatic nitrogens is 1. The van der Waals surface area contributed by atoms with Gasteiger partial charge in [0.2, 0.25) is 0 Å². The minimum absolute atomic E-state index is 0.216. The van der Waals surface area contributed by atoms with Gasteiger partial charge in [0.15, 0.2) is 6.10 Å². The fourth-order valence-corrected chi connectivity index (χ4v) is 3.08. The van der Waals surface area contributed by atoms with E-state index in [1.54, 1.807) is 13.1 Å². The highest BCUT2D eigenvalue weighted by Gasteiger charge is 2.17. The Bertz CT molecular complexity index is 964. The van der Waals surface area contributed by atoms with E-state index in [0.29, 0.717) is 18.0 Å². The molecule has 1 heterocycles. The molecule has 146 valence electrons. The van der Waals surface area contributed by atoms with Crippen molar-refractivity contribution < 1.29 is 14.3 Å². The van der Waals surface area contributed by atoms with Crippen LogP contribution in [0.2, 0.25) is 0 Å². The largest absolute Gasteiger partial charge is 0.491 e. The molecule has 2 aromatic carbocycles. The van der Waals surface area contributed by atoms with Gasteiger partial charge in [-0.25, -0.2) is 0 Å². The lowest BCUT2D eigenvalue weighted by molar-refractivity contribution is -0.122. The number of carbonyl (C=O) groups excluding carboxylic acids is 1. The van der Waals surface area contributed by atoms with E-state index in [0.717, 1.165) is 34.2 Å². The van der Waals surface area contributed by atoms with Gasteiger partial charge in [0.25, 0.3) is 5.91 Å². The molecule has 0 aliphatic carbocycles. The first-order chi connectivity index (χ1) is 13.5. The van der Waals surface area contributed by atoms with E-state index in [4.69, 9.17) is 9.47 Å². The van der Waals surface area contributed by atoms with Crippen LogP contribution in [0.5, 0.6) is 11.5 Å². The zero-order valence-corrected chi connectivity index (χ0v) is 16.8. The van der Waals surface area contributed by atoms with Crippen molar-refractivity contribution in [3.63, 3.8) is 0 Å². The number of fused-ring (bicyclic) bond motifs is 1. The van der Waals surface area contributed by atoms with E-state index in [9.17, 15) is 4.79 Å². The Morgan fingerprint density at radius 2 is 1.89 bits per heavy atom. The number of carbonyl (C=O) groups is 1. The predicted molar refractivity (Wildman–Crippen MR) is 112 cm³/mol. The van der Waals surface area contributed by atoms with Crippen molar-refractivity contribution >= 4 is 22.5 Å². The molecule has 0 bridgehead atoms. The van der Waals surface area contributed by atoms with Crippen LogP contribution in [-0.2, 0) is 4.79 Å². The molecule has 5 nitrogen and oxygen atoms in total. The first-order valence-electron chi connectivity index (χ1n) is 9.54. The highest BCUT2D eigenvalue weighted by atomic mass is 16.5. The molecule has 1 N–H and O–H groups in total. The van der Waals surface area contributed by atoms with Gasteiger partial charge in [0.1, 0.15) is 17.0 Å². The van der Waals surface area contributed by atoms with Crippen molar-refractivity contribution in [2.75, 3.05) is 11.9 Å². The summed E-state index contributed by atoms with van der Waals surface area (Å²) >= 11 is 0. The Morgan fingerprint density at radius 3 is 2.61 bits per heavy atom. The molecule has 0 saturated heterocycles. The summed E-state index contributed by atoms with van der Waals surface area (Å²) in [6, 6.07) is 13.4. The van der Waals surface area contributed by atoms with Crippen molar-refractivity contribution in [3.05, 3.63) is 59.8 Å². The van der Waals surface area contributed by atoms with Gasteiger partial charge in [0, 0.05) is 11.6 Å². The highest BCUT2D eigenvalue weighted by Crippen LogP contribution is 2.30. The molecule has 0 radical (unpaired) electrons. The average molecular weight is 378 g/mol. The molecular formula is C23H26N2O3. The molecule has 0 aliphatic rings. The minimum Gasteiger partial charge on any atom is -0.491 e. The van der Waals surface area contributed by atoms with E-state index in [1.165, 1.54) is 0 Å². The zero-order chi connectivity index (χ0) is 20.1. The molecule has 3 rings (SSSR count). The number of hydrogen-bond donors (Lipinski definition) is 1. The maximum absolute atomic E-state index is 12.7. The summed E-state index contributed by atoms with van der Waals surface area (Å²) in [6.07, 6.45) is 2.00. The Balaban J connectivity index is 1.79. The highest BCUT2D eigenvalue weighted by molar-refractivity contribution is 6.04. The first-order valence-corrected chi connectivity index (χ1v) is 9.54. The number of nitrogens with zero attached hydrogens (tertiary/aromatic N) is 1. The van der Waals surface area contributed by atoms with Gasteiger partial charge >= 0.3 is 0 Å². The maximum Gasteiger partial charge on any atom is 0.265 e. The second kappa shape index (κ2) is 8.74. The molecule has 1 atom stereocenters. The van der Waals surface area contributed by atoms with Crippen LogP contribution < -0.4 is 14.8 Å². The number of aryl methyl sites for hydroxylation is 2. The van der Waals surface area contributed by atoms with Gasteiger partial charge in [-0.15, -0.1) is 0 Å². The molecule has 3 aromatic rings. The van der Waals surface area contributed by atoms with E-state index < -0.39 is 6.10 Å². The first kappa shape index (κ1) is 19.7. The van der Waals surface area contributed by atoms with Crippen LogP contribution in [-0.4, -0.2) is 23.6 Å². The molecule has 0 spiro atoms. The number of ether oxygens (including phenoxy) is 2. The summed E-state index contributed by atoms with van der Waals surface area (Å²) < 4.78 is 11.6. The van der Waals surface area contributed by atoms with E-state index in [-0.39, 0.29) is 5.91 Å². The summed E-state index contributed by atoms with van der Waals surface area (Å²) in [6.45, 7) is 8.43. The van der Waals surface area contributed by atoms with Crippen molar-refractivity contribution in [2.45, 2.75) is 40.2 Å². The number of nitrogens with one attached hydrogen (secondary N) is 1. The third kappa shape index (κ3) is 4.60. The minimum atomic E-state index is -0.635. The molecule has 1 aromatic heterocycles. The van der Waals surface area contributed by atoms with Gasteiger partial charge in [-0.2, -0.15) is 0 Å². The van der Waals surface area contributed by atoms with Gasteiger partial charge in [-0.1, -0.05) is 13.0 Å². The molecule has 0 unspecified atom stereocenters. The Morgan fingerprint density at radius 1 is 1.14 bits per heavy atom. The van der Waals surface area contributed by atoms with Crippen LogP contribution in [0.15, 0.2) is 48.7 Å². The van der Waals surface area contributed by atoms with Crippen molar-refractivity contribution in [1.82, 2.24) is 4.98 Å². The Hall–Kier alpha value is -3.08. The van der Waals surface area contributed by atoms with Crippen molar-refractivity contribution in [2.24, 2.45) is 0 Å². The predicted octanol–water partition coefficient (Wildman–Crippen LogP) is 5.05. The standard InChI is InChI=1S/C23H26N2O3/c1-5-11-27-21-9-8-20(19-7-6-10-24-22(19)21)25-23(26)17(4)28-18-13-15(2)12-16(3)14-18/h6-10,12-14,17H,5,11H2,1-4H3,(H,25,26)/t17-/m1/s1. The van der Waals surface area contributed by atoms with Crippen LogP contribution in [0.25, 0.3) is 10.9 Å². The molecule has 0 saturated carbocycles. The number of amides is 1. The zero-order valence-electron chi connectivity index (χ0n) is 16.8. The van der Waals surface area contributed by atoms with Crippen molar-refractivity contribution in [1.29, 1.82) is 0 Å². The lowest BCUT2D eigenvalue weighted by Crippen LogP contribution is -2.30. The Kier molecular flexibility index (Phi) is 6.14. The average Bonchev–Trinajstić information content (AvgIpc) is 2.66. The topological polar surface area (TPSA) is 60.5 Å². The van der Waals surface area contributed by atoms with Gasteiger partial charge < -0.3 is 14.8 Å². The lowest BCUT2D eigenvalue weighted by atomic mass is 10.1. The van der Waals surface area contributed by atoms with Gasteiger partial charge in [-0.3, -0.25) is 9.78 Å². The SMILES string of the molecule is CCCOc1ccc(NC(=O)[C@@H](C)Oc2cc(C)cc(C)c2)c2cccnc12. The number of pyridine rings is 1. The molecule has 0 aliphatic heterocycles. The summed E-state index contributed by atoms with van der Waals surface area (Å²) in [5, 5.41) is 3.79. The Labute approximate surface area is 165 Å². The van der Waals surface area contributed by atoms with Crippen LogP contribution in [0.1, 0.15) is 31.4 Å². The van der Waals surface area contributed by atoms with E-state index >= 15 is 0 Å². The van der Waals surface area contributed by atoms with E-state index in [1.807, 2.05) is 50.2 Å². The molecule has 0 fully saturated rings. The number of anilines is 1. The van der Waals surface area contributed by atoms with Crippen LogP contribution in [0.4, 0.5) is 5.69 Å². The maximum atomic E-state index is 12.7.